The second-order valence-electron chi connectivity index (χ2n) is 5.99. The van der Waals surface area contributed by atoms with Crippen molar-refractivity contribution in [3.63, 3.8) is 0 Å². The molecule has 0 radical (unpaired) electrons. The number of anilines is 1. The molecule has 3 aromatic carbocycles. The summed E-state index contributed by atoms with van der Waals surface area (Å²) in [5.74, 6) is 1.12. The Morgan fingerprint density at radius 3 is 2.11 bits per heavy atom. The summed E-state index contributed by atoms with van der Waals surface area (Å²) in [4.78, 5) is 0.168. The molecular weight excluding hydrogens is 398 g/mol. The molecule has 0 bridgehead atoms. The Kier molecular flexibility index (Phi) is 6.11. The number of ether oxygens (including phenoxy) is 2. The number of benzene rings is 3. The van der Waals surface area contributed by atoms with Crippen LogP contribution in [0.1, 0.15) is 5.56 Å². The molecule has 0 aliphatic carbocycles. The summed E-state index contributed by atoms with van der Waals surface area (Å²) in [6.07, 6.45) is 0. The molecule has 0 amide bonds. The summed E-state index contributed by atoms with van der Waals surface area (Å²) in [7, 11) is -0.705. The highest BCUT2D eigenvalue weighted by Gasteiger charge is 2.25. The monoisotopic (exact) mass is 417 g/mol. The maximum absolute atomic E-state index is 13.4. The third kappa shape index (κ3) is 4.24. The predicted octanol–water partition coefficient (Wildman–Crippen LogP) is 4.75. The third-order valence-electron chi connectivity index (χ3n) is 4.22. The lowest BCUT2D eigenvalue weighted by atomic mass is 10.2. The highest BCUT2D eigenvalue weighted by atomic mass is 35.5. The van der Waals surface area contributed by atoms with Gasteiger partial charge in [-0.3, -0.25) is 4.31 Å². The molecule has 7 heteroatoms. The van der Waals surface area contributed by atoms with E-state index in [1.54, 1.807) is 62.8 Å². The fourth-order valence-corrected chi connectivity index (χ4v) is 4.37. The number of hydrogen-bond acceptors (Lipinski definition) is 4. The molecule has 0 aromatic heterocycles. The highest BCUT2D eigenvalue weighted by molar-refractivity contribution is 7.92. The average molecular weight is 418 g/mol. The van der Waals surface area contributed by atoms with Crippen molar-refractivity contribution >= 4 is 27.3 Å². The summed E-state index contributed by atoms with van der Waals surface area (Å²) in [6, 6.07) is 20.4. The first-order valence-electron chi connectivity index (χ1n) is 8.50. The molecule has 0 fully saturated rings. The Labute approximate surface area is 170 Å². The van der Waals surface area contributed by atoms with Crippen LogP contribution in [0.4, 0.5) is 5.69 Å². The number of rotatable bonds is 7. The van der Waals surface area contributed by atoms with Crippen LogP contribution in [0.2, 0.25) is 5.02 Å². The van der Waals surface area contributed by atoms with Gasteiger partial charge in [-0.05, 0) is 54.1 Å². The maximum Gasteiger partial charge on any atom is 0.264 e. The zero-order chi connectivity index (χ0) is 20.1. The molecule has 0 unspecified atom stereocenters. The van der Waals surface area contributed by atoms with E-state index in [1.165, 1.54) is 16.4 Å². The summed E-state index contributed by atoms with van der Waals surface area (Å²) < 4.78 is 38.7. The summed E-state index contributed by atoms with van der Waals surface area (Å²) in [5, 5.41) is 0.477. The fourth-order valence-electron chi connectivity index (χ4n) is 2.79. The van der Waals surface area contributed by atoms with Crippen molar-refractivity contribution < 1.29 is 17.9 Å². The standard InChI is InChI=1S/C21H20ClNO4S/c1-26-20-13-8-16(14-21(20)27-2)15-23(18-6-4-3-5-7-18)28(24,25)19-11-9-17(22)10-12-19/h3-14H,15H2,1-2H3. The van der Waals surface area contributed by atoms with E-state index in [-0.39, 0.29) is 11.4 Å². The lowest BCUT2D eigenvalue weighted by Gasteiger charge is -2.25. The Balaban J connectivity index is 2.05. The van der Waals surface area contributed by atoms with E-state index in [0.717, 1.165) is 5.56 Å². The first-order valence-corrected chi connectivity index (χ1v) is 10.3. The van der Waals surface area contributed by atoms with Crippen LogP contribution in [0.25, 0.3) is 0 Å². The molecule has 0 saturated carbocycles. The van der Waals surface area contributed by atoms with Gasteiger partial charge in [-0.25, -0.2) is 8.42 Å². The minimum absolute atomic E-state index is 0.134. The second kappa shape index (κ2) is 8.54. The average Bonchev–Trinajstić information content (AvgIpc) is 2.72. The predicted molar refractivity (Wildman–Crippen MR) is 111 cm³/mol. The minimum atomic E-state index is -3.80. The number of hydrogen-bond donors (Lipinski definition) is 0. The number of halogens is 1. The SMILES string of the molecule is COc1ccc(CN(c2ccccc2)S(=O)(=O)c2ccc(Cl)cc2)cc1OC. The summed E-state index contributed by atoms with van der Waals surface area (Å²) >= 11 is 5.92. The van der Waals surface area contributed by atoms with E-state index < -0.39 is 10.0 Å². The van der Waals surface area contributed by atoms with Crippen LogP contribution in [0, 0.1) is 0 Å². The van der Waals surface area contributed by atoms with Crippen molar-refractivity contribution in [1.29, 1.82) is 0 Å². The minimum Gasteiger partial charge on any atom is -0.493 e. The van der Waals surface area contributed by atoms with Gasteiger partial charge in [-0.2, -0.15) is 0 Å². The molecule has 3 aromatic rings. The number of para-hydroxylation sites is 1. The van der Waals surface area contributed by atoms with E-state index in [4.69, 9.17) is 21.1 Å². The van der Waals surface area contributed by atoms with Crippen LogP contribution in [0.15, 0.2) is 77.7 Å². The van der Waals surface area contributed by atoms with Crippen LogP contribution in [0.3, 0.4) is 0 Å². The largest absolute Gasteiger partial charge is 0.493 e. The van der Waals surface area contributed by atoms with Crippen molar-refractivity contribution in [3.8, 4) is 11.5 Å². The number of methoxy groups -OCH3 is 2. The molecule has 5 nitrogen and oxygen atoms in total. The molecule has 0 atom stereocenters. The maximum atomic E-state index is 13.4. The van der Waals surface area contributed by atoms with Gasteiger partial charge >= 0.3 is 0 Å². The van der Waals surface area contributed by atoms with Crippen LogP contribution in [-0.4, -0.2) is 22.6 Å². The molecule has 146 valence electrons. The Hall–Kier alpha value is -2.70. The van der Waals surface area contributed by atoms with Crippen LogP contribution >= 0.6 is 11.6 Å². The fraction of sp³-hybridized carbons (Fsp3) is 0.143. The molecule has 0 N–H and O–H groups in total. The van der Waals surface area contributed by atoms with E-state index in [9.17, 15) is 8.42 Å². The van der Waals surface area contributed by atoms with Crippen molar-refractivity contribution in [1.82, 2.24) is 0 Å². The zero-order valence-electron chi connectivity index (χ0n) is 15.5. The number of nitrogens with zero attached hydrogens (tertiary/aromatic N) is 1. The zero-order valence-corrected chi connectivity index (χ0v) is 17.1. The molecular formula is C21H20ClNO4S. The molecule has 28 heavy (non-hydrogen) atoms. The second-order valence-corrected chi connectivity index (χ2v) is 8.29. The lowest BCUT2D eigenvalue weighted by Crippen LogP contribution is -2.30. The molecule has 0 spiro atoms. The van der Waals surface area contributed by atoms with E-state index in [2.05, 4.69) is 0 Å². The summed E-state index contributed by atoms with van der Waals surface area (Å²) in [6.45, 7) is 0.134. The van der Waals surface area contributed by atoms with Crippen molar-refractivity contribution in [2.45, 2.75) is 11.4 Å². The van der Waals surface area contributed by atoms with Gasteiger partial charge in [-0.15, -0.1) is 0 Å². The van der Waals surface area contributed by atoms with Gasteiger partial charge in [0.15, 0.2) is 11.5 Å². The molecule has 0 aliphatic heterocycles. The third-order valence-corrected chi connectivity index (χ3v) is 6.26. The lowest BCUT2D eigenvalue weighted by molar-refractivity contribution is 0.354. The van der Waals surface area contributed by atoms with Crippen molar-refractivity contribution in [3.05, 3.63) is 83.4 Å². The first kappa shape index (κ1) is 20.0. The molecule has 0 saturated heterocycles. The Morgan fingerprint density at radius 1 is 0.857 bits per heavy atom. The van der Waals surface area contributed by atoms with Gasteiger partial charge in [0, 0.05) is 5.02 Å². The molecule has 0 aliphatic rings. The van der Waals surface area contributed by atoms with Crippen molar-refractivity contribution in [2.75, 3.05) is 18.5 Å². The van der Waals surface area contributed by atoms with E-state index >= 15 is 0 Å². The Bertz CT molecular complexity index is 1040. The van der Waals surface area contributed by atoms with Crippen LogP contribution in [-0.2, 0) is 16.6 Å². The van der Waals surface area contributed by atoms with E-state index in [0.29, 0.717) is 22.2 Å². The van der Waals surface area contributed by atoms with Crippen LogP contribution < -0.4 is 13.8 Å². The normalized spacial score (nSPS) is 11.1. The quantitative estimate of drug-likeness (QED) is 0.556. The van der Waals surface area contributed by atoms with Gasteiger partial charge < -0.3 is 9.47 Å². The van der Waals surface area contributed by atoms with Gasteiger partial charge in [0.1, 0.15) is 0 Å². The number of sulfonamides is 1. The Morgan fingerprint density at radius 2 is 1.50 bits per heavy atom. The first-order chi connectivity index (χ1) is 13.5. The summed E-state index contributed by atoms with van der Waals surface area (Å²) in [5.41, 5.74) is 1.33. The van der Waals surface area contributed by atoms with Crippen molar-refractivity contribution in [2.24, 2.45) is 0 Å². The van der Waals surface area contributed by atoms with Gasteiger partial charge in [0.25, 0.3) is 10.0 Å². The molecule has 3 rings (SSSR count). The van der Waals surface area contributed by atoms with Gasteiger partial charge in [0.2, 0.25) is 0 Å². The smallest absolute Gasteiger partial charge is 0.264 e. The molecule has 0 heterocycles. The van der Waals surface area contributed by atoms with Gasteiger partial charge in [-0.1, -0.05) is 35.9 Å². The van der Waals surface area contributed by atoms with Crippen LogP contribution in [0.5, 0.6) is 11.5 Å². The van der Waals surface area contributed by atoms with Gasteiger partial charge in [0.05, 0.1) is 31.3 Å². The highest BCUT2D eigenvalue weighted by Crippen LogP contribution is 2.31. The topological polar surface area (TPSA) is 55.8 Å². The van der Waals surface area contributed by atoms with E-state index in [1.807, 2.05) is 12.1 Å².